The van der Waals surface area contributed by atoms with E-state index in [-0.39, 0.29) is 22.8 Å². The lowest BCUT2D eigenvalue weighted by Crippen LogP contribution is -2.42. The van der Waals surface area contributed by atoms with Crippen molar-refractivity contribution in [1.29, 1.82) is 0 Å². The molecule has 0 aliphatic carbocycles. The third-order valence-electron chi connectivity index (χ3n) is 3.92. The molecule has 2 rings (SSSR count). The van der Waals surface area contributed by atoms with E-state index < -0.39 is 11.4 Å². The molecule has 1 amide bonds. The minimum Gasteiger partial charge on any atom is -0.444 e. The van der Waals surface area contributed by atoms with Gasteiger partial charge in [-0.05, 0) is 57.7 Å². The Morgan fingerprint density at radius 2 is 1.88 bits per heavy atom. The molecule has 0 spiro atoms. The number of halogens is 2. The summed E-state index contributed by atoms with van der Waals surface area (Å²) >= 11 is 5.79. The number of hydrogen-bond acceptors (Lipinski definition) is 3. The standard InChI is InChI=1S/C18H23ClFNO3/c1-18(2,3)24-17(23)21-6-4-12(5-7-21)8-16(22)13-9-14(19)11-15(20)10-13/h9-12H,4-8H2,1-3H3. The molecule has 0 saturated carbocycles. The number of ether oxygens (including phenoxy) is 1. The Labute approximate surface area is 146 Å². The zero-order valence-corrected chi connectivity index (χ0v) is 15.0. The molecule has 6 heteroatoms. The SMILES string of the molecule is CC(C)(C)OC(=O)N1CCC(CC(=O)c2cc(F)cc(Cl)c2)CC1. The van der Waals surface area contributed by atoms with Crippen LogP contribution in [0.4, 0.5) is 9.18 Å². The van der Waals surface area contributed by atoms with Gasteiger partial charge < -0.3 is 9.64 Å². The van der Waals surface area contributed by atoms with Crippen LogP contribution in [0.1, 0.15) is 50.4 Å². The van der Waals surface area contributed by atoms with Crippen molar-refractivity contribution in [2.75, 3.05) is 13.1 Å². The van der Waals surface area contributed by atoms with Crippen molar-refractivity contribution in [3.63, 3.8) is 0 Å². The van der Waals surface area contributed by atoms with E-state index in [4.69, 9.17) is 16.3 Å². The fourth-order valence-corrected chi connectivity index (χ4v) is 2.96. The highest BCUT2D eigenvalue weighted by Crippen LogP contribution is 2.25. The van der Waals surface area contributed by atoms with Crippen molar-refractivity contribution in [2.45, 2.75) is 45.6 Å². The van der Waals surface area contributed by atoms with E-state index in [0.29, 0.717) is 25.1 Å². The quantitative estimate of drug-likeness (QED) is 0.738. The summed E-state index contributed by atoms with van der Waals surface area (Å²) in [6, 6.07) is 3.88. The lowest BCUT2D eigenvalue weighted by Gasteiger charge is -2.33. The number of carbonyl (C=O) groups excluding carboxylic acids is 2. The summed E-state index contributed by atoms with van der Waals surface area (Å²) in [5.41, 5.74) is -0.213. The zero-order valence-electron chi connectivity index (χ0n) is 14.3. The largest absolute Gasteiger partial charge is 0.444 e. The summed E-state index contributed by atoms with van der Waals surface area (Å²) < 4.78 is 18.7. The van der Waals surface area contributed by atoms with E-state index in [9.17, 15) is 14.0 Å². The number of carbonyl (C=O) groups is 2. The van der Waals surface area contributed by atoms with Gasteiger partial charge >= 0.3 is 6.09 Å². The maximum Gasteiger partial charge on any atom is 0.410 e. The predicted molar refractivity (Wildman–Crippen MR) is 90.9 cm³/mol. The lowest BCUT2D eigenvalue weighted by molar-refractivity contribution is 0.0183. The smallest absolute Gasteiger partial charge is 0.410 e. The summed E-state index contributed by atoms with van der Waals surface area (Å²) in [5.74, 6) is -0.448. The van der Waals surface area contributed by atoms with Gasteiger partial charge in [0, 0.05) is 30.1 Å². The molecule has 0 atom stereocenters. The van der Waals surface area contributed by atoms with Crippen molar-refractivity contribution in [3.05, 3.63) is 34.6 Å². The minimum atomic E-state index is -0.513. The van der Waals surface area contributed by atoms with Gasteiger partial charge in [0.05, 0.1) is 0 Å². The number of amides is 1. The highest BCUT2D eigenvalue weighted by atomic mass is 35.5. The van der Waals surface area contributed by atoms with Gasteiger partial charge in [-0.25, -0.2) is 9.18 Å². The number of likely N-dealkylation sites (tertiary alicyclic amines) is 1. The molecule has 24 heavy (non-hydrogen) atoms. The number of benzene rings is 1. The van der Waals surface area contributed by atoms with Crippen LogP contribution in [0.25, 0.3) is 0 Å². The van der Waals surface area contributed by atoms with Crippen LogP contribution in [-0.4, -0.2) is 35.5 Å². The second-order valence-corrected chi connectivity index (χ2v) is 7.63. The number of rotatable bonds is 3. The molecular weight excluding hydrogens is 333 g/mol. The monoisotopic (exact) mass is 355 g/mol. The normalized spacial score (nSPS) is 16.1. The molecule has 1 aromatic carbocycles. The zero-order chi connectivity index (χ0) is 17.9. The van der Waals surface area contributed by atoms with Gasteiger partial charge in [0.2, 0.25) is 0 Å². The van der Waals surface area contributed by atoms with E-state index in [1.165, 1.54) is 18.2 Å². The molecule has 1 aliphatic rings. The fourth-order valence-electron chi connectivity index (χ4n) is 2.74. The molecule has 1 fully saturated rings. The predicted octanol–water partition coefficient (Wildman–Crippen LogP) is 4.70. The molecule has 1 heterocycles. The van der Waals surface area contributed by atoms with Crippen LogP contribution < -0.4 is 0 Å². The molecule has 4 nitrogen and oxygen atoms in total. The van der Waals surface area contributed by atoms with Crippen molar-refractivity contribution < 1.29 is 18.7 Å². The molecule has 0 radical (unpaired) electrons. The molecule has 0 N–H and O–H groups in total. The molecule has 1 aromatic rings. The van der Waals surface area contributed by atoms with Crippen LogP contribution in [0.5, 0.6) is 0 Å². The number of Topliss-reactive ketones (excluding diaryl/α,β-unsaturated/α-hetero) is 1. The third kappa shape index (κ3) is 5.48. The summed E-state index contributed by atoms with van der Waals surface area (Å²) in [6.07, 6.45) is 1.48. The Hall–Kier alpha value is -1.62. The molecule has 1 aliphatic heterocycles. The van der Waals surface area contributed by atoms with Crippen molar-refractivity contribution in [3.8, 4) is 0 Å². The van der Waals surface area contributed by atoms with Crippen LogP contribution >= 0.6 is 11.6 Å². The van der Waals surface area contributed by atoms with E-state index in [0.717, 1.165) is 12.8 Å². The van der Waals surface area contributed by atoms with E-state index >= 15 is 0 Å². The van der Waals surface area contributed by atoms with Crippen LogP contribution in [0.2, 0.25) is 5.02 Å². The summed E-state index contributed by atoms with van der Waals surface area (Å²) in [6.45, 7) is 6.63. The number of piperidine rings is 1. The first kappa shape index (κ1) is 18.7. The second-order valence-electron chi connectivity index (χ2n) is 7.20. The number of ketones is 1. The summed E-state index contributed by atoms with van der Waals surface area (Å²) in [4.78, 5) is 26.0. The highest BCUT2D eigenvalue weighted by molar-refractivity contribution is 6.31. The molecule has 0 bridgehead atoms. The topological polar surface area (TPSA) is 46.6 Å². The van der Waals surface area contributed by atoms with Crippen molar-refractivity contribution in [2.24, 2.45) is 5.92 Å². The van der Waals surface area contributed by atoms with Gasteiger partial charge in [-0.2, -0.15) is 0 Å². The van der Waals surface area contributed by atoms with E-state index in [2.05, 4.69) is 0 Å². The first-order chi connectivity index (χ1) is 11.1. The lowest BCUT2D eigenvalue weighted by atomic mass is 9.90. The summed E-state index contributed by atoms with van der Waals surface area (Å²) in [5, 5.41) is 0.220. The Bertz CT molecular complexity index is 599. The maximum atomic E-state index is 13.3. The first-order valence-corrected chi connectivity index (χ1v) is 8.49. The number of nitrogens with zero attached hydrogens (tertiary/aromatic N) is 1. The van der Waals surface area contributed by atoms with Gasteiger partial charge in [-0.1, -0.05) is 11.6 Å². The van der Waals surface area contributed by atoms with Gasteiger partial charge in [0.25, 0.3) is 0 Å². The Morgan fingerprint density at radius 3 is 2.42 bits per heavy atom. The minimum absolute atomic E-state index is 0.118. The Morgan fingerprint density at radius 1 is 1.25 bits per heavy atom. The molecule has 132 valence electrons. The molecule has 1 saturated heterocycles. The van der Waals surface area contributed by atoms with Gasteiger partial charge in [0.15, 0.2) is 5.78 Å². The molecule has 0 unspecified atom stereocenters. The van der Waals surface area contributed by atoms with Gasteiger partial charge in [-0.3, -0.25) is 4.79 Å². The van der Waals surface area contributed by atoms with Crippen LogP contribution in [-0.2, 0) is 4.74 Å². The first-order valence-electron chi connectivity index (χ1n) is 8.11. The average Bonchev–Trinajstić information content (AvgIpc) is 2.45. The molecule has 0 aromatic heterocycles. The van der Waals surface area contributed by atoms with Crippen molar-refractivity contribution >= 4 is 23.5 Å². The van der Waals surface area contributed by atoms with Gasteiger partial charge in [0.1, 0.15) is 11.4 Å². The summed E-state index contributed by atoms with van der Waals surface area (Å²) in [7, 11) is 0. The van der Waals surface area contributed by atoms with Crippen molar-refractivity contribution in [1.82, 2.24) is 4.90 Å². The second kappa shape index (κ2) is 7.51. The van der Waals surface area contributed by atoms with Crippen LogP contribution in [0.3, 0.4) is 0 Å². The van der Waals surface area contributed by atoms with E-state index in [1.54, 1.807) is 4.90 Å². The van der Waals surface area contributed by atoms with E-state index in [1.807, 2.05) is 20.8 Å². The fraction of sp³-hybridized carbons (Fsp3) is 0.556. The number of hydrogen-bond donors (Lipinski definition) is 0. The van der Waals surface area contributed by atoms with Crippen LogP contribution in [0.15, 0.2) is 18.2 Å². The molecular formula is C18H23ClFNO3. The van der Waals surface area contributed by atoms with Gasteiger partial charge in [-0.15, -0.1) is 0 Å². The Balaban J connectivity index is 1.86. The third-order valence-corrected chi connectivity index (χ3v) is 4.14. The maximum absolute atomic E-state index is 13.3. The average molecular weight is 356 g/mol. The van der Waals surface area contributed by atoms with Crippen LogP contribution in [0, 0.1) is 11.7 Å². The highest BCUT2D eigenvalue weighted by Gasteiger charge is 2.28. The Kier molecular flexibility index (Phi) is 5.86.